The first kappa shape index (κ1) is 26.2. The number of halogens is 3. The predicted molar refractivity (Wildman–Crippen MR) is 142 cm³/mol. The molecule has 1 aliphatic heterocycles. The molecule has 37 heavy (non-hydrogen) atoms. The van der Waals surface area contributed by atoms with Crippen molar-refractivity contribution in [3.05, 3.63) is 98.6 Å². The summed E-state index contributed by atoms with van der Waals surface area (Å²) in [5.41, 5.74) is 1.60. The van der Waals surface area contributed by atoms with Gasteiger partial charge in [0.2, 0.25) is 0 Å². The lowest BCUT2D eigenvalue weighted by molar-refractivity contribution is -0.120. The van der Waals surface area contributed by atoms with Crippen LogP contribution in [0.2, 0.25) is 10.0 Å². The summed E-state index contributed by atoms with van der Waals surface area (Å²) in [5.74, 6) is -2.28. The number of carbonyl (C=O) groups excluding carboxylic acids is 4. The van der Waals surface area contributed by atoms with Crippen molar-refractivity contribution in [1.29, 1.82) is 0 Å². The Bertz CT molecular complexity index is 1440. The van der Waals surface area contributed by atoms with E-state index in [2.05, 4.69) is 10.6 Å². The third-order valence-corrected chi connectivity index (χ3v) is 6.43. The fourth-order valence-corrected chi connectivity index (χ4v) is 4.04. The highest BCUT2D eigenvalue weighted by Gasteiger charge is 2.40. The Hall–Kier alpha value is -3.85. The smallest absolute Gasteiger partial charge is 0.338 e. The summed E-state index contributed by atoms with van der Waals surface area (Å²) in [5, 5.41) is 5.48. The zero-order chi connectivity index (χ0) is 26.7. The summed E-state index contributed by atoms with van der Waals surface area (Å²) in [7, 11) is 0. The maximum Gasteiger partial charge on any atom is 0.338 e. The van der Waals surface area contributed by atoms with Crippen LogP contribution in [0.15, 0.2) is 77.5 Å². The van der Waals surface area contributed by atoms with Crippen molar-refractivity contribution in [2.45, 2.75) is 6.92 Å². The minimum Gasteiger partial charge on any atom is -0.462 e. The molecular weight excluding hydrogens is 541 g/mol. The Kier molecular flexibility index (Phi) is 7.83. The van der Waals surface area contributed by atoms with Crippen LogP contribution < -0.4 is 15.5 Å². The first-order valence-electron chi connectivity index (χ1n) is 10.9. The van der Waals surface area contributed by atoms with E-state index in [4.69, 9.17) is 39.5 Å². The second kappa shape index (κ2) is 11.0. The van der Waals surface area contributed by atoms with Crippen LogP contribution in [-0.4, -0.2) is 30.3 Å². The second-order valence-electron chi connectivity index (χ2n) is 7.66. The van der Waals surface area contributed by atoms with Crippen LogP contribution in [0, 0.1) is 0 Å². The molecule has 0 atom stereocenters. The molecule has 0 spiro atoms. The van der Waals surface area contributed by atoms with Gasteiger partial charge in [-0.2, -0.15) is 0 Å². The number of rotatable bonds is 7. The summed E-state index contributed by atoms with van der Waals surface area (Å²) in [6.45, 7) is 1.99. The number of amides is 3. The highest BCUT2D eigenvalue weighted by Crippen LogP contribution is 2.37. The average Bonchev–Trinajstić information content (AvgIpc) is 3.09. The van der Waals surface area contributed by atoms with Gasteiger partial charge >= 0.3 is 5.97 Å². The van der Waals surface area contributed by atoms with Gasteiger partial charge in [-0.1, -0.05) is 40.9 Å². The SMILES string of the molecule is CCOC(=O)c1ccc(NC(=O)c2ccc(NC3=C(Cl)C(=O)N(c4cccc(Cl)c4Cl)C3=O)cc2)cc1. The number of hydrogen-bond acceptors (Lipinski definition) is 6. The lowest BCUT2D eigenvalue weighted by Crippen LogP contribution is -2.32. The highest BCUT2D eigenvalue weighted by molar-refractivity contribution is 6.54. The zero-order valence-electron chi connectivity index (χ0n) is 19.2. The molecule has 0 fully saturated rings. The maximum absolute atomic E-state index is 13.0. The fraction of sp³-hybridized carbons (Fsp3) is 0.0769. The number of ether oxygens (including phenoxy) is 1. The summed E-state index contributed by atoms with van der Waals surface area (Å²) in [4.78, 5) is 50.9. The molecule has 8 nitrogen and oxygen atoms in total. The van der Waals surface area contributed by atoms with Gasteiger partial charge in [0.05, 0.1) is 27.9 Å². The molecule has 3 amide bonds. The molecule has 4 rings (SSSR count). The number of esters is 1. The van der Waals surface area contributed by atoms with Gasteiger partial charge < -0.3 is 15.4 Å². The van der Waals surface area contributed by atoms with Gasteiger partial charge in [-0.3, -0.25) is 14.4 Å². The molecule has 1 heterocycles. The molecule has 0 unspecified atom stereocenters. The monoisotopic (exact) mass is 557 g/mol. The zero-order valence-corrected chi connectivity index (χ0v) is 21.4. The summed E-state index contributed by atoms with van der Waals surface area (Å²) in [6.07, 6.45) is 0. The quantitative estimate of drug-likeness (QED) is 0.278. The molecule has 2 N–H and O–H groups in total. The minimum absolute atomic E-state index is 0.0440. The molecule has 0 aromatic heterocycles. The van der Waals surface area contributed by atoms with Crippen LogP contribution >= 0.6 is 34.8 Å². The lowest BCUT2D eigenvalue weighted by Gasteiger charge is -2.17. The van der Waals surface area contributed by atoms with Gasteiger partial charge in [0.25, 0.3) is 17.7 Å². The third kappa shape index (κ3) is 5.46. The van der Waals surface area contributed by atoms with Crippen LogP contribution in [0.4, 0.5) is 17.1 Å². The van der Waals surface area contributed by atoms with Crippen molar-refractivity contribution in [3.63, 3.8) is 0 Å². The third-order valence-electron chi connectivity index (χ3n) is 5.27. The van der Waals surface area contributed by atoms with Crippen molar-refractivity contribution in [3.8, 4) is 0 Å². The Balaban J connectivity index is 1.44. The standard InChI is InChI=1S/C26H18Cl3N3O5/c1-2-37-26(36)15-8-12-17(13-9-15)31-23(33)14-6-10-16(11-7-14)30-22-21(29)24(34)32(25(22)35)19-5-3-4-18(27)20(19)28/h3-13,30H,2H2,1H3,(H,31,33). The predicted octanol–water partition coefficient (Wildman–Crippen LogP) is 5.86. The Morgan fingerprint density at radius 3 is 2.11 bits per heavy atom. The Morgan fingerprint density at radius 2 is 1.46 bits per heavy atom. The van der Waals surface area contributed by atoms with Crippen LogP contribution in [-0.2, 0) is 14.3 Å². The molecule has 0 saturated heterocycles. The molecular formula is C26H18Cl3N3O5. The summed E-state index contributed by atoms with van der Waals surface area (Å²) in [6, 6.07) is 17.0. The van der Waals surface area contributed by atoms with E-state index in [1.807, 2.05) is 0 Å². The van der Waals surface area contributed by atoms with Crippen molar-refractivity contribution in [2.24, 2.45) is 0 Å². The van der Waals surface area contributed by atoms with Crippen molar-refractivity contribution in [2.75, 3.05) is 22.1 Å². The number of carbonyl (C=O) groups is 4. The Morgan fingerprint density at radius 1 is 0.838 bits per heavy atom. The van der Waals surface area contributed by atoms with E-state index in [1.165, 1.54) is 24.3 Å². The van der Waals surface area contributed by atoms with Gasteiger partial charge in [0.1, 0.15) is 10.7 Å². The van der Waals surface area contributed by atoms with Gasteiger partial charge in [-0.25, -0.2) is 9.69 Å². The van der Waals surface area contributed by atoms with Crippen LogP contribution in [0.5, 0.6) is 0 Å². The number of nitrogens with zero attached hydrogens (tertiary/aromatic N) is 1. The van der Waals surface area contributed by atoms with Gasteiger partial charge in [-0.05, 0) is 67.6 Å². The number of hydrogen-bond donors (Lipinski definition) is 2. The first-order valence-corrected chi connectivity index (χ1v) is 12.0. The summed E-state index contributed by atoms with van der Waals surface area (Å²) < 4.78 is 4.94. The highest BCUT2D eigenvalue weighted by atomic mass is 35.5. The van der Waals surface area contributed by atoms with E-state index in [-0.39, 0.29) is 39.0 Å². The molecule has 1 aliphatic rings. The number of benzene rings is 3. The fourth-order valence-electron chi connectivity index (χ4n) is 3.45. The molecule has 3 aromatic rings. The topological polar surface area (TPSA) is 105 Å². The van der Waals surface area contributed by atoms with Crippen LogP contribution in [0.1, 0.15) is 27.6 Å². The van der Waals surface area contributed by atoms with Crippen molar-refractivity contribution < 1.29 is 23.9 Å². The van der Waals surface area contributed by atoms with E-state index < -0.39 is 17.8 Å². The molecule has 0 saturated carbocycles. The lowest BCUT2D eigenvalue weighted by atomic mass is 10.1. The van der Waals surface area contributed by atoms with Crippen molar-refractivity contribution >= 4 is 75.6 Å². The first-order chi connectivity index (χ1) is 17.7. The normalized spacial score (nSPS) is 13.1. The number of anilines is 3. The largest absolute Gasteiger partial charge is 0.462 e. The molecule has 0 radical (unpaired) electrons. The van der Waals surface area contributed by atoms with Gasteiger partial charge in [0, 0.05) is 16.9 Å². The number of imide groups is 1. The van der Waals surface area contributed by atoms with Gasteiger partial charge in [-0.15, -0.1) is 0 Å². The molecule has 3 aromatic carbocycles. The Labute approximate surface area is 226 Å². The van der Waals surface area contributed by atoms with Gasteiger partial charge in [0.15, 0.2) is 0 Å². The molecule has 0 aliphatic carbocycles. The maximum atomic E-state index is 13.0. The van der Waals surface area contributed by atoms with E-state index in [0.29, 0.717) is 22.5 Å². The second-order valence-corrected chi connectivity index (χ2v) is 8.83. The van der Waals surface area contributed by atoms with E-state index in [1.54, 1.807) is 49.4 Å². The average molecular weight is 559 g/mol. The summed E-state index contributed by atoms with van der Waals surface area (Å²) >= 11 is 18.4. The van der Waals surface area contributed by atoms with E-state index >= 15 is 0 Å². The van der Waals surface area contributed by atoms with Crippen LogP contribution in [0.3, 0.4) is 0 Å². The van der Waals surface area contributed by atoms with Crippen molar-refractivity contribution in [1.82, 2.24) is 0 Å². The minimum atomic E-state index is -0.747. The van der Waals surface area contributed by atoms with Crippen LogP contribution in [0.25, 0.3) is 0 Å². The molecule has 11 heteroatoms. The molecule has 188 valence electrons. The van der Waals surface area contributed by atoms with E-state index in [0.717, 1.165) is 4.90 Å². The molecule has 0 bridgehead atoms. The van der Waals surface area contributed by atoms with E-state index in [9.17, 15) is 19.2 Å². The number of nitrogens with one attached hydrogen (secondary N) is 2.